The minimum absolute atomic E-state index is 0.192. The molecule has 14 heavy (non-hydrogen) atoms. The van der Waals surface area contributed by atoms with Crippen LogP contribution < -0.4 is 0 Å². The summed E-state index contributed by atoms with van der Waals surface area (Å²) in [6.45, 7) is 8.23. The van der Waals surface area contributed by atoms with Gasteiger partial charge in [-0.05, 0) is 12.1 Å². The second-order valence-electron chi connectivity index (χ2n) is 2.81. The molecule has 0 saturated carbocycles. The quantitative estimate of drug-likeness (QED) is 0.587. The summed E-state index contributed by atoms with van der Waals surface area (Å²) in [7, 11) is 0. The smallest absolute Gasteiger partial charge is 0.245 e. The highest BCUT2D eigenvalue weighted by atomic mass is 16.2. The summed E-state index contributed by atoms with van der Waals surface area (Å²) in [4.78, 5) is 14.3. The van der Waals surface area contributed by atoms with Crippen LogP contribution in [0.2, 0.25) is 0 Å². The third-order valence-corrected chi connectivity index (χ3v) is 1.86. The van der Waals surface area contributed by atoms with Crippen LogP contribution in [0.3, 0.4) is 0 Å². The molecule has 0 radical (unpaired) electrons. The van der Waals surface area contributed by atoms with Crippen molar-refractivity contribution in [3.8, 4) is 0 Å². The zero-order valence-electron chi connectivity index (χ0n) is 7.43. The van der Waals surface area contributed by atoms with E-state index < -0.39 is 0 Å². The Morgan fingerprint density at radius 3 is 3.00 bits per heavy atom. The first-order chi connectivity index (χ1) is 6.72. The number of benzene rings is 1. The molecule has 0 atom stereocenters. The molecule has 0 N–H and O–H groups in total. The van der Waals surface area contributed by atoms with Gasteiger partial charge >= 0.3 is 0 Å². The number of carbonyl (C=O) groups excluding carboxylic acids is 1. The van der Waals surface area contributed by atoms with E-state index >= 15 is 0 Å². The van der Waals surface area contributed by atoms with Crippen molar-refractivity contribution in [2.75, 3.05) is 0 Å². The van der Waals surface area contributed by atoms with Crippen LogP contribution in [0.15, 0.2) is 18.2 Å². The SMILES string of the molecule is [C-]#[N+]c1ccc2c(c1)nnn2C(C)=O. The summed E-state index contributed by atoms with van der Waals surface area (Å²) >= 11 is 0. The molecule has 0 aliphatic heterocycles. The first-order valence-electron chi connectivity index (χ1n) is 3.96. The Labute approximate surface area is 79.8 Å². The van der Waals surface area contributed by atoms with E-state index in [9.17, 15) is 4.79 Å². The van der Waals surface area contributed by atoms with E-state index in [0.29, 0.717) is 16.7 Å². The molecule has 0 spiro atoms. The molecule has 0 unspecified atom stereocenters. The van der Waals surface area contributed by atoms with Gasteiger partial charge in [-0.15, -0.1) is 5.10 Å². The number of aromatic nitrogens is 3. The van der Waals surface area contributed by atoms with Gasteiger partial charge in [0.2, 0.25) is 5.91 Å². The van der Waals surface area contributed by atoms with Gasteiger partial charge in [-0.25, -0.2) is 4.85 Å². The van der Waals surface area contributed by atoms with Crippen LogP contribution in [-0.4, -0.2) is 20.9 Å². The fourth-order valence-corrected chi connectivity index (χ4v) is 1.21. The molecule has 0 aliphatic rings. The van der Waals surface area contributed by atoms with E-state index in [-0.39, 0.29) is 5.91 Å². The second-order valence-corrected chi connectivity index (χ2v) is 2.81. The Kier molecular flexibility index (Phi) is 1.75. The normalized spacial score (nSPS) is 10.0. The Bertz CT molecular complexity index is 549. The molecule has 68 valence electrons. The lowest BCUT2D eigenvalue weighted by Crippen LogP contribution is -2.06. The van der Waals surface area contributed by atoms with Gasteiger partial charge in [0, 0.05) is 6.92 Å². The second kappa shape index (κ2) is 2.92. The molecule has 0 fully saturated rings. The largest absolute Gasteiger partial charge is 0.273 e. The molecule has 1 aromatic carbocycles. The van der Waals surface area contributed by atoms with E-state index in [4.69, 9.17) is 6.57 Å². The summed E-state index contributed by atoms with van der Waals surface area (Å²) in [6.07, 6.45) is 0. The van der Waals surface area contributed by atoms with Crippen molar-refractivity contribution < 1.29 is 4.79 Å². The number of rotatable bonds is 0. The Morgan fingerprint density at radius 1 is 1.57 bits per heavy atom. The molecule has 0 aliphatic carbocycles. The van der Waals surface area contributed by atoms with Crippen molar-refractivity contribution in [2.24, 2.45) is 0 Å². The fourth-order valence-electron chi connectivity index (χ4n) is 1.21. The molecule has 2 aromatic rings. The maximum absolute atomic E-state index is 11.1. The predicted molar refractivity (Wildman–Crippen MR) is 50.1 cm³/mol. The van der Waals surface area contributed by atoms with Gasteiger partial charge in [0.05, 0.1) is 12.1 Å². The van der Waals surface area contributed by atoms with E-state index in [1.54, 1.807) is 18.2 Å². The monoisotopic (exact) mass is 186 g/mol. The molecule has 5 heteroatoms. The number of hydrogen-bond acceptors (Lipinski definition) is 3. The molecule has 0 amide bonds. The highest BCUT2D eigenvalue weighted by Gasteiger charge is 2.07. The van der Waals surface area contributed by atoms with Gasteiger partial charge in [-0.2, -0.15) is 4.68 Å². The summed E-state index contributed by atoms with van der Waals surface area (Å²) in [5, 5.41) is 7.48. The van der Waals surface area contributed by atoms with Crippen LogP contribution in [0.5, 0.6) is 0 Å². The average Bonchev–Trinajstić information content (AvgIpc) is 2.59. The maximum atomic E-state index is 11.1. The van der Waals surface area contributed by atoms with Crippen LogP contribution in [0.4, 0.5) is 5.69 Å². The van der Waals surface area contributed by atoms with Crippen molar-refractivity contribution in [3.63, 3.8) is 0 Å². The summed E-state index contributed by atoms with van der Waals surface area (Å²) < 4.78 is 1.21. The van der Waals surface area contributed by atoms with E-state index in [1.807, 2.05) is 0 Å². The first-order valence-corrected chi connectivity index (χ1v) is 3.96. The zero-order valence-corrected chi connectivity index (χ0v) is 7.43. The number of hydrogen-bond donors (Lipinski definition) is 0. The van der Waals surface area contributed by atoms with Crippen molar-refractivity contribution in [3.05, 3.63) is 29.6 Å². The predicted octanol–water partition coefficient (Wildman–Crippen LogP) is 1.64. The molecule has 0 bridgehead atoms. The van der Waals surface area contributed by atoms with Crippen LogP contribution in [0.25, 0.3) is 15.9 Å². The van der Waals surface area contributed by atoms with E-state index in [0.717, 1.165) is 0 Å². The maximum Gasteiger partial charge on any atom is 0.245 e. The van der Waals surface area contributed by atoms with Crippen LogP contribution in [-0.2, 0) is 0 Å². The van der Waals surface area contributed by atoms with Gasteiger partial charge < -0.3 is 0 Å². The third-order valence-electron chi connectivity index (χ3n) is 1.86. The van der Waals surface area contributed by atoms with Crippen LogP contribution in [0, 0.1) is 6.57 Å². The highest BCUT2D eigenvalue weighted by Crippen LogP contribution is 2.18. The van der Waals surface area contributed by atoms with Crippen LogP contribution in [0.1, 0.15) is 11.7 Å². The zero-order chi connectivity index (χ0) is 10.1. The molecule has 5 nitrogen and oxygen atoms in total. The Hall–Kier alpha value is -2.22. The van der Waals surface area contributed by atoms with Crippen molar-refractivity contribution in [1.29, 1.82) is 0 Å². The topological polar surface area (TPSA) is 52.1 Å². The lowest BCUT2D eigenvalue weighted by Gasteiger charge is -1.94. The van der Waals surface area contributed by atoms with E-state index in [2.05, 4.69) is 15.2 Å². The van der Waals surface area contributed by atoms with E-state index in [1.165, 1.54) is 11.6 Å². The molecule has 2 rings (SSSR count). The molecule has 1 heterocycles. The minimum Gasteiger partial charge on any atom is -0.273 e. The minimum atomic E-state index is -0.192. The molecular formula is C9H6N4O. The Morgan fingerprint density at radius 2 is 2.36 bits per heavy atom. The molecule has 1 aromatic heterocycles. The van der Waals surface area contributed by atoms with Gasteiger partial charge in [0.15, 0.2) is 5.69 Å². The van der Waals surface area contributed by atoms with Gasteiger partial charge in [0.25, 0.3) is 0 Å². The van der Waals surface area contributed by atoms with Gasteiger partial charge in [-0.3, -0.25) is 4.79 Å². The summed E-state index contributed by atoms with van der Waals surface area (Å²) in [6, 6.07) is 4.91. The molecular weight excluding hydrogens is 180 g/mol. The lowest BCUT2D eigenvalue weighted by molar-refractivity contribution is 0.0924. The average molecular weight is 186 g/mol. The van der Waals surface area contributed by atoms with Crippen molar-refractivity contribution >= 4 is 22.6 Å². The van der Waals surface area contributed by atoms with Gasteiger partial charge in [0.1, 0.15) is 5.52 Å². The number of carbonyl (C=O) groups is 1. The van der Waals surface area contributed by atoms with Crippen molar-refractivity contribution in [1.82, 2.24) is 15.0 Å². The van der Waals surface area contributed by atoms with Crippen LogP contribution >= 0.6 is 0 Å². The standard InChI is InChI=1S/C9H6N4O/c1-6(14)13-9-4-3-7(10-2)5-8(9)11-12-13/h3-5H,1H3. The molecule has 0 saturated heterocycles. The lowest BCUT2D eigenvalue weighted by atomic mass is 10.3. The van der Waals surface area contributed by atoms with Gasteiger partial charge in [-0.1, -0.05) is 11.3 Å². The summed E-state index contributed by atoms with van der Waals surface area (Å²) in [5.74, 6) is -0.192. The van der Waals surface area contributed by atoms with Crippen molar-refractivity contribution in [2.45, 2.75) is 6.92 Å². The third kappa shape index (κ3) is 1.13. The fraction of sp³-hybridized carbons (Fsp3) is 0.111. The first kappa shape index (κ1) is 8.38. The number of fused-ring (bicyclic) bond motifs is 1. The Balaban J connectivity index is 2.73. The summed E-state index contributed by atoms with van der Waals surface area (Å²) in [5.41, 5.74) is 1.69. The highest BCUT2D eigenvalue weighted by molar-refractivity contribution is 5.88. The number of nitrogens with zero attached hydrogens (tertiary/aromatic N) is 4.